The summed E-state index contributed by atoms with van der Waals surface area (Å²) in [6.07, 6.45) is 2.03. The number of aromatic nitrogens is 2. The van der Waals surface area contributed by atoms with Gasteiger partial charge < -0.3 is 5.11 Å². The first-order valence-electron chi connectivity index (χ1n) is 3.73. The molecular weight excluding hydrogens is 208 g/mol. The van der Waals surface area contributed by atoms with Gasteiger partial charge in [-0.3, -0.25) is 9.36 Å². The normalized spacial score (nSPS) is 11.6. The zero-order chi connectivity index (χ0) is 10.9. The van der Waals surface area contributed by atoms with Crippen LogP contribution in [0, 0.1) is 0 Å². The minimum Gasteiger partial charge on any atom is -0.391 e. The van der Waals surface area contributed by atoms with E-state index < -0.39 is 22.0 Å². The summed E-state index contributed by atoms with van der Waals surface area (Å²) >= 11 is 0. The topological polar surface area (TPSA) is 89.3 Å². The van der Waals surface area contributed by atoms with Crippen molar-refractivity contribution in [2.24, 2.45) is 7.05 Å². The summed E-state index contributed by atoms with van der Waals surface area (Å²) in [7, 11) is -2.21. The van der Waals surface area contributed by atoms with E-state index in [-0.39, 0.29) is 10.7 Å². The highest BCUT2D eigenvalue weighted by Gasteiger charge is 2.15. The SMILES string of the molecule is Cn1c(S(C)(=O)=O)ncc(CO)c1=O. The van der Waals surface area contributed by atoms with Crippen molar-refractivity contribution in [1.82, 2.24) is 9.55 Å². The van der Waals surface area contributed by atoms with Crippen LogP contribution in [-0.4, -0.2) is 29.3 Å². The number of aliphatic hydroxyl groups is 1. The quantitative estimate of drug-likeness (QED) is 0.622. The van der Waals surface area contributed by atoms with Crippen molar-refractivity contribution in [3.05, 3.63) is 22.1 Å². The Kier molecular flexibility index (Phi) is 2.72. The van der Waals surface area contributed by atoms with Gasteiger partial charge >= 0.3 is 0 Å². The molecule has 0 fully saturated rings. The molecule has 0 saturated carbocycles. The predicted molar refractivity (Wildman–Crippen MR) is 48.5 cm³/mol. The van der Waals surface area contributed by atoms with Gasteiger partial charge in [-0.2, -0.15) is 0 Å². The molecule has 14 heavy (non-hydrogen) atoms. The fourth-order valence-corrected chi connectivity index (χ4v) is 1.85. The average Bonchev–Trinajstić information content (AvgIpc) is 2.07. The Morgan fingerprint density at radius 3 is 2.57 bits per heavy atom. The van der Waals surface area contributed by atoms with Gasteiger partial charge in [0.2, 0.25) is 15.0 Å². The zero-order valence-corrected chi connectivity index (χ0v) is 8.58. The monoisotopic (exact) mass is 218 g/mol. The van der Waals surface area contributed by atoms with Crippen molar-refractivity contribution in [3.63, 3.8) is 0 Å². The van der Waals surface area contributed by atoms with Crippen LogP contribution in [0.1, 0.15) is 5.56 Å². The second kappa shape index (κ2) is 3.50. The lowest BCUT2D eigenvalue weighted by molar-refractivity contribution is 0.278. The van der Waals surface area contributed by atoms with E-state index in [4.69, 9.17) is 5.11 Å². The number of hydrogen-bond acceptors (Lipinski definition) is 5. The van der Waals surface area contributed by atoms with Gasteiger partial charge in [-0.15, -0.1) is 0 Å². The van der Waals surface area contributed by atoms with E-state index in [1.165, 1.54) is 7.05 Å². The standard InChI is InChI=1S/C7H10N2O4S/c1-9-6(11)5(4-10)3-8-7(9)14(2,12)13/h3,10H,4H2,1-2H3. The Labute approximate surface area is 80.8 Å². The van der Waals surface area contributed by atoms with Crippen molar-refractivity contribution in [2.75, 3.05) is 6.26 Å². The molecule has 0 aromatic carbocycles. The molecule has 1 rings (SSSR count). The first-order valence-corrected chi connectivity index (χ1v) is 5.63. The number of rotatable bonds is 2. The molecule has 0 aliphatic rings. The van der Waals surface area contributed by atoms with Gasteiger partial charge in [-0.25, -0.2) is 13.4 Å². The van der Waals surface area contributed by atoms with Crippen molar-refractivity contribution in [2.45, 2.75) is 11.8 Å². The van der Waals surface area contributed by atoms with Crippen molar-refractivity contribution in [3.8, 4) is 0 Å². The lowest BCUT2D eigenvalue weighted by Crippen LogP contribution is -2.27. The van der Waals surface area contributed by atoms with Crippen LogP contribution in [0.25, 0.3) is 0 Å². The highest BCUT2D eigenvalue weighted by molar-refractivity contribution is 7.90. The number of aliphatic hydroxyl groups excluding tert-OH is 1. The molecule has 1 heterocycles. The van der Waals surface area contributed by atoms with E-state index in [9.17, 15) is 13.2 Å². The summed E-state index contributed by atoms with van der Waals surface area (Å²) < 4.78 is 23.1. The molecule has 0 atom stereocenters. The van der Waals surface area contributed by atoms with E-state index in [0.29, 0.717) is 0 Å². The molecule has 6 nitrogen and oxygen atoms in total. The summed E-state index contributed by atoms with van der Waals surface area (Å²) in [5, 5.41) is 8.43. The van der Waals surface area contributed by atoms with Crippen molar-refractivity contribution in [1.29, 1.82) is 0 Å². The van der Waals surface area contributed by atoms with Crippen molar-refractivity contribution >= 4 is 9.84 Å². The fraction of sp³-hybridized carbons (Fsp3) is 0.429. The van der Waals surface area contributed by atoms with E-state index in [1.54, 1.807) is 0 Å². The van der Waals surface area contributed by atoms with Gasteiger partial charge in [0.15, 0.2) is 0 Å². The lowest BCUT2D eigenvalue weighted by Gasteiger charge is -2.05. The second-order valence-electron chi connectivity index (χ2n) is 2.86. The molecule has 0 radical (unpaired) electrons. The molecule has 0 aliphatic carbocycles. The molecule has 7 heteroatoms. The summed E-state index contributed by atoms with van der Waals surface area (Å²) in [4.78, 5) is 15.0. The van der Waals surface area contributed by atoms with Crippen LogP contribution in [0.2, 0.25) is 0 Å². The summed E-state index contributed by atoms with van der Waals surface area (Å²) in [6, 6.07) is 0. The van der Waals surface area contributed by atoms with E-state index in [0.717, 1.165) is 17.0 Å². The third-order valence-electron chi connectivity index (χ3n) is 1.70. The molecule has 1 aromatic rings. The minimum absolute atomic E-state index is 0.0694. The Balaban J connectivity index is 3.56. The zero-order valence-electron chi connectivity index (χ0n) is 7.76. The Morgan fingerprint density at radius 1 is 1.57 bits per heavy atom. The molecular formula is C7H10N2O4S. The van der Waals surface area contributed by atoms with Crippen LogP contribution in [0.3, 0.4) is 0 Å². The molecule has 0 bridgehead atoms. The Bertz CT molecular complexity index is 503. The predicted octanol–water partition coefficient (Wildman–Crippen LogP) is -1.32. The van der Waals surface area contributed by atoms with Crippen LogP contribution in [0.15, 0.2) is 16.1 Å². The maximum absolute atomic E-state index is 11.4. The van der Waals surface area contributed by atoms with Crippen molar-refractivity contribution < 1.29 is 13.5 Å². The number of sulfone groups is 1. The lowest BCUT2D eigenvalue weighted by atomic mass is 10.4. The molecule has 1 N–H and O–H groups in total. The molecule has 0 unspecified atom stereocenters. The van der Waals surface area contributed by atoms with Gasteiger partial charge in [-0.05, 0) is 0 Å². The molecule has 78 valence electrons. The van der Waals surface area contributed by atoms with Crippen LogP contribution in [0.5, 0.6) is 0 Å². The van der Waals surface area contributed by atoms with E-state index in [2.05, 4.69) is 4.98 Å². The van der Waals surface area contributed by atoms with Gasteiger partial charge in [0.1, 0.15) is 0 Å². The highest BCUT2D eigenvalue weighted by Crippen LogP contribution is 2.01. The van der Waals surface area contributed by atoms with Crippen LogP contribution in [-0.2, 0) is 23.5 Å². The fourth-order valence-electron chi connectivity index (χ4n) is 1.03. The molecule has 0 amide bonds. The Hall–Kier alpha value is -1.21. The van der Waals surface area contributed by atoms with Gasteiger partial charge in [0.05, 0.1) is 12.2 Å². The van der Waals surface area contributed by atoms with Crippen LogP contribution in [0.4, 0.5) is 0 Å². The molecule has 1 aromatic heterocycles. The van der Waals surface area contributed by atoms with Gasteiger partial charge in [-0.1, -0.05) is 0 Å². The maximum Gasteiger partial charge on any atom is 0.259 e. The van der Waals surface area contributed by atoms with E-state index in [1.807, 2.05) is 0 Å². The Morgan fingerprint density at radius 2 is 2.14 bits per heavy atom. The van der Waals surface area contributed by atoms with Crippen LogP contribution < -0.4 is 5.56 Å². The second-order valence-corrected chi connectivity index (χ2v) is 4.77. The number of nitrogens with zero attached hydrogens (tertiary/aromatic N) is 2. The average molecular weight is 218 g/mol. The summed E-state index contributed by atoms with van der Waals surface area (Å²) in [5.74, 6) is 0. The first-order chi connectivity index (χ1) is 6.38. The molecule has 0 saturated heterocycles. The van der Waals surface area contributed by atoms with E-state index >= 15 is 0 Å². The van der Waals surface area contributed by atoms with Crippen LogP contribution >= 0.6 is 0 Å². The summed E-state index contributed by atoms with van der Waals surface area (Å²) in [5.41, 5.74) is -0.483. The third-order valence-corrected chi connectivity index (χ3v) is 2.74. The summed E-state index contributed by atoms with van der Waals surface area (Å²) in [6.45, 7) is -0.455. The first kappa shape index (κ1) is 10.9. The minimum atomic E-state index is -3.51. The van der Waals surface area contributed by atoms with Gasteiger partial charge in [0, 0.05) is 19.5 Å². The largest absolute Gasteiger partial charge is 0.391 e. The third kappa shape index (κ3) is 1.83. The number of hydrogen-bond donors (Lipinski definition) is 1. The molecule has 0 spiro atoms. The smallest absolute Gasteiger partial charge is 0.259 e. The maximum atomic E-state index is 11.4. The highest BCUT2D eigenvalue weighted by atomic mass is 32.2. The van der Waals surface area contributed by atoms with Gasteiger partial charge in [0.25, 0.3) is 5.56 Å². The molecule has 0 aliphatic heterocycles.